The Labute approximate surface area is 118 Å². The first kappa shape index (κ1) is 12.8. The molecule has 1 aromatic heterocycles. The van der Waals surface area contributed by atoms with Crippen molar-refractivity contribution in [2.75, 3.05) is 11.4 Å². The second-order valence-corrected chi connectivity index (χ2v) is 5.53. The van der Waals surface area contributed by atoms with Gasteiger partial charge in [0, 0.05) is 6.54 Å². The Morgan fingerprint density at radius 1 is 1.20 bits per heavy atom. The van der Waals surface area contributed by atoms with Gasteiger partial charge < -0.3 is 10.0 Å². The molecule has 1 aromatic carbocycles. The zero-order chi connectivity index (χ0) is 14.3. The van der Waals surface area contributed by atoms with Gasteiger partial charge in [0.2, 0.25) is 0 Å². The van der Waals surface area contributed by atoms with Gasteiger partial charge in [-0.2, -0.15) is 0 Å². The summed E-state index contributed by atoms with van der Waals surface area (Å²) in [6.45, 7) is 0.484. The molecule has 0 saturated carbocycles. The van der Waals surface area contributed by atoms with E-state index in [0.29, 0.717) is 23.5 Å². The van der Waals surface area contributed by atoms with Crippen LogP contribution in [0.4, 0.5) is 10.1 Å². The molecular formula is C14H10FNO3S. The Kier molecular flexibility index (Phi) is 3.02. The van der Waals surface area contributed by atoms with Crippen LogP contribution in [-0.4, -0.2) is 23.5 Å². The summed E-state index contributed by atoms with van der Waals surface area (Å²) >= 11 is 0.930. The lowest BCUT2D eigenvalue weighted by atomic mass is 10.2. The lowest BCUT2D eigenvalue weighted by Crippen LogP contribution is -2.28. The number of fused-ring (bicyclic) bond motifs is 1. The zero-order valence-corrected chi connectivity index (χ0v) is 11.1. The summed E-state index contributed by atoms with van der Waals surface area (Å²) in [4.78, 5) is 25.2. The van der Waals surface area contributed by atoms with E-state index in [1.807, 2.05) is 0 Å². The molecular weight excluding hydrogens is 281 g/mol. The van der Waals surface area contributed by atoms with Crippen molar-refractivity contribution in [1.29, 1.82) is 0 Å². The van der Waals surface area contributed by atoms with Crippen molar-refractivity contribution in [2.24, 2.45) is 0 Å². The molecule has 1 aliphatic rings. The number of nitrogens with zero attached hydrogens (tertiary/aromatic N) is 1. The number of hydrogen-bond donors (Lipinski definition) is 1. The van der Waals surface area contributed by atoms with Crippen LogP contribution in [0, 0.1) is 5.82 Å². The third-order valence-electron chi connectivity index (χ3n) is 3.22. The first-order valence-electron chi connectivity index (χ1n) is 5.99. The summed E-state index contributed by atoms with van der Waals surface area (Å²) < 4.78 is 13.3. The number of halogens is 1. The highest BCUT2D eigenvalue weighted by Gasteiger charge is 2.27. The van der Waals surface area contributed by atoms with Crippen molar-refractivity contribution in [3.05, 3.63) is 51.5 Å². The van der Waals surface area contributed by atoms with E-state index in [4.69, 9.17) is 5.11 Å². The van der Waals surface area contributed by atoms with Crippen molar-refractivity contribution in [1.82, 2.24) is 0 Å². The van der Waals surface area contributed by atoms with Crippen molar-refractivity contribution in [3.8, 4) is 0 Å². The van der Waals surface area contributed by atoms with Gasteiger partial charge in [-0.3, -0.25) is 4.79 Å². The molecule has 1 aliphatic heterocycles. The number of carboxylic acids is 1. The molecule has 4 nitrogen and oxygen atoms in total. The molecule has 0 saturated heterocycles. The monoisotopic (exact) mass is 291 g/mol. The first-order valence-corrected chi connectivity index (χ1v) is 6.81. The van der Waals surface area contributed by atoms with Gasteiger partial charge in [-0.25, -0.2) is 9.18 Å². The third-order valence-corrected chi connectivity index (χ3v) is 4.28. The molecule has 0 radical (unpaired) electrons. The van der Waals surface area contributed by atoms with Gasteiger partial charge in [0.25, 0.3) is 5.91 Å². The maximum absolute atomic E-state index is 13.3. The van der Waals surface area contributed by atoms with Gasteiger partial charge >= 0.3 is 5.97 Å². The average Bonchev–Trinajstić information content (AvgIpc) is 3.04. The van der Waals surface area contributed by atoms with Crippen LogP contribution in [0.1, 0.15) is 24.9 Å². The van der Waals surface area contributed by atoms with E-state index in [1.54, 1.807) is 6.07 Å². The van der Waals surface area contributed by atoms with Crippen LogP contribution < -0.4 is 4.90 Å². The number of carbonyl (C=O) groups excluding carboxylic acids is 1. The van der Waals surface area contributed by atoms with E-state index in [0.717, 1.165) is 16.9 Å². The number of carbonyl (C=O) groups is 2. The second-order valence-electron chi connectivity index (χ2n) is 4.45. The summed E-state index contributed by atoms with van der Waals surface area (Å²) in [6.07, 6.45) is 0.679. The van der Waals surface area contributed by atoms with E-state index in [1.165, 1.54) is 29.2 Å². The average molecular weight is 291 g/mol. The molecule has 1 amide bonds. The number of benzene rings is 1. The van der Waals surface area contributed by atoms with E-state index in [-0.39, 0.29) is 16.6 Å². The SMILES string of the molecule is O=C(O)c1ccc(C(=O)N2CCc3ccc(F)cc32)s1. The Hall–Kier alpha value is -2.21. The number of carboxylic acid groups (broad SMARTS) is 1. The molecule has 0 fully saturated rings. The third kappa shape index (κ3) is 2.08. The molecule has 102 valence electrons. The Morgan fingerprint density at radius 3 is 2.65 bits per heavy atom. The molecule has 0 atom stereocenters. The van der Waals surface area contributed by atoms with E-state index in [2.05, 4.69) is 0 Å². The number of hydrogen-bond acceptors (Lipinski definition) is 3. The van der Waals surface area contributed by atoms with Crippen LogP contribution >= 0.6 is 11.3 Å². The Bertz CT molecular complexity index is 710. The van der Waals surface area contributed by atoms with Crippen LogP contribution in [0.2, 0.25) is 0 Å². The minimum atomic E-state index is -1.05. The number of aromatic carboxylic acids is 1. The quantitative estimate of drug-likeness (QED) is 0.925. The smallest absolute Gasteiger partial charge is 0.345 e. The van der Waals surface area contributed by atoms with Crippen LogP contribution in [0.5, 0.6) is 0 Å². The molecule has 0 unspecified atom stereocenters. The second kappa shape index (κ2) is 4.72. The standard InChI is InChI=1S/C14H10FNO3S/c15-9-2-1-8-5-6-16(10(8)7-9)13(17)11-3-4-12(20-11)14(18)19/h1-4,7H,5-6H2,(H,18,19). The highest BCUT2D eigenvalue weighted by molar-refractivity contribution is 7.16. The van der Waals surface area contributed by atoms with Crippen molar-refractivity contribution < 1.29 is 19.1 Å². The lowest BCUT2D eigenvalue weighted by Gasteiger charge is -2.16. The van der Waals surface area contributed by atoms with Gasteiger partial charge in [0.1, 0.15) is 10.7 Å². The van der Waals surface area contributed by atoms with Crippen molar-refractivity contribution in [2.45, 2.75) is 6.42 Å². The summed E-state index contributed by atoms with van der Waals surface area (Å²) in [5.41, 5.74) is 1.50. The van der Waals surface area contributed by atoms with E-state index in [9.17, 15) is 14.0 Å². The number of anilines is 1. The molecule has 2 aromatic rings. The van der Waals surface area contributed by atoms with Crippen molar-refractivity contribution >= 4 is 28.9 Å². The van der Waals surface area contributed by atoms with E-state index >= 15 is 0 Å². The van der Waals surface area contributed by atoms with Crippen LogP contribution in [0.15, 0.2) is 30.3 Å². The number of amides is 1. The fourth-order valence-electron chi connectivity index (χ4n) is 2.26. The fraction of sp³-hybridized carbons (Fsp3) is 0.143. The largest absolute Gasteiger partial charge is 0.477 e. The zero-order valence-electron chi connectivity index (χ0n) is 10.3. The van der Waals surface area contributed by atoms with Crippen LogP contribution in [0.25, 0.3) is 0 Å². The highest BCUT2D eigenvalue weighted by atomic mass is 32.1. The van der Waals surface area contributed by atoms with Gasteiger partial charge in [-0.1, -0.05) is 6.07 Å². The number of rotatable bonds is 2. The van der Waals surface area contributed by atoms with Crippen LogP contribution in [-0.2, 0) is 6.42 Å². The molecule has 0 bridgehead atoms. The van der Waals surface area contributed by atoms with Gasteiger partial charge in [0.05, 0.1) is 10.6 Å². The molecule has 1 N–H and O–H groups in total. The van der Waals surface area contributed by atoms with E-state index < -0.39 is 5.97 Å². The van der Waals surface area contributed by atoms with Crippen molar-refractivity contribution in [3.63, 3.8) is 0 Å². The predicted molar refractivity (Wildman–Crippen MR) is 73.1 cm³/mol. The summed E-state index contributed by atoms with van der Waals surface area (Å²) in [7, 11) is 0. The molecule has 20 heavy (non-hydrogen) atoms. The molecule has 0 spiro atoms. The first-order chi connectivity index (χ1) is 9.56. The lowest BCUT2D eigenvalue weighted by molar-refractivity contribution is 0.0702. The maximum atomic E-state index is 13.3. The Morgan fingerprint density at radius 2 is 1.95 bits per heavy atom. The predicted octanol–water partition coefficient (Wildman–Crippen LogP) is 2.79. The normalized spacial score (nSPS) is 13.3. The highest BCUT2D eigenvalue weighted by Crippen LogP contribution is 2.31. The molecule has 2 heterocycles. The van der Waals surface area contributed by atoms with Gasteiger partial charge in [-0.05, 0) is 36.2 Å². The fourth-order valence-corrected chi connectivity index (χ4v) is 3.06. The molecule has 3 rings (SSSR count). The summed E-state index contributed by atoms with van der Waals surface area (Å²) in [6, 6.07) is 7.29. The topological polar surface area (TPSA) is 57.6 Å². The summed E-state index contributed by atoms with van der Waals surface area (Å²) in [5.74, 6) is -1.73. The maximum Gasteiger partial charge on any atom is 0.345 e. The van der Waals surface area contributed by atoms with Gasteiger partial charge in [-0.15, -0.1) is 11.3 Å². The molecule has 0 aliphatic carbocycles. The molecule has 6 heteroatoms. The number of thiophene rings is 1. The minimum Gasteiger partial charge on any atom is -0.477 e. The Balaban J connectivity index is 1.93. The van der Waals surface area contributed by atoms with Crippen LogP contribution in [0.3, 0.4) is 0 Å². The minimum absolute atomic E-state index is 0.118. The van der Waals surface area contributed by atoms with Gasteiger partial charge in [0.15, 0.2) is 0 Å². The summed E-state index contributed by atoms with van der Waals surface area (Å²) in [5, 5.41) is 8.88.